The van der Waals surface area contributed by atoms with Gasteiger partial charge >= 0.3 is 0 Å². The minimum absolute atomic E-state index is 0.0139. The lowest BCUT2D eigenvalue weighted by Crippen LogP contribution is -2.53. The lowest BCUT2D eigenvalue weighted by molar-refractivity contribution is -0.143. The van der Waals surface area contributed by atoms with E-state index in [1.54, 1.807) is 4.90 Å². The normalized spacial score (nSPS) is 12.4. The largest absolute Gasteiger partial charge is 0.484 e. The van der Waals surface area contributed by atoms with Gasteiger partial charge in [-0.15, -0.1) is 0 Å². The Bertz CT molecular complexity index is 1110. The van der Waals surface area contributed by atoms with Crippen molar-refractivity contribution in [1.82, 2.24) is 10.2 Å². The molecule has 5 heteroatoms. The van der Waals surface area contributed by atoms with Crippen molar-refractivity contribution in [2.24, 2.45) is 0 Å². The molecule has 0 bridgehead atoms. The Morgan fingerprint density at radius 2 is 1.58 bits per heavy atom. The number of aryl methyl sites for hydroxylation is 2. The third-order valence-corrected chi connectivity index (χ3v) is 6.40. The SMILES string of the molecule is CCc1ccc(OCC(=O)N(Cc2cccc(C)c2)[C@H](Cc2ccccc2)C(=O)N[C@@H](C)CC)cc1. The molecule has 0 heterocycles. The van der Waals surface area contributed by atoms with Crippen molar-refractivity contribution in [1.29, 1.82) is 0 Å². The maximum atomic E-state index is 13.6. The topological polar surface area (TPSA) is 58.6 Å². The number of hydrogen-bond donors (Lipinski definition) is 1. The van der Waals surface area contributed by atoms with Crippen molar-refractivity contribution < 1.29 is 14.3 Å². The van der Waals surface area contributed by atoms with Crippen LogP contribution in [0.1, 0.15) is 49.4 Å². The van der Waals surface area contributed by atoms with Gasteiger partial charge < -0.3 is 15.0 Å². The summed E-state index contributed by atoms with van der Waals surface area (Å²) in [4.78, 5) is 28.8. The van der Waals surface area contributed by atoms with Crippen LogP contribution in [0, 0.1) is 6.92 Å². The quantitative estimate of drug-likeness (QED) is 0.368. The number of nitrogens with zero attached hydrogens (tertiary/aromatic N) is 1. The average Bonchev–Trinajstić information content (AvgIpc) is 2.90. The van der Waals surface area contributed by atoms with E-state index >= 15 is 0 Å². The van der Waals surface area contributed by atoms with Gasteiger partial charge in [-0.1, -0.05) is 86.1 Å². The van der Waals surface area contributed by atoms with Gasteiger partial charge in [-0.05, 0) is 55.5 Å². The zero-order valence-corrected chi connectivity index (χ0v) is 21.9. The first-order valence-electron chi connectivity index (χ1n) is 12.8. The van der Waals surface area contributed by atoms with Crippen molar-refractivity contribution in [3.05, 3.63) is 101 Å². The Morgan fingerprint density at radius 3 is 2.22 bits per heavy atom. The van der Waals surface area contributed by atoms with Crippen LogP contribution in [0.2, 0.25) is 0 Å². The van der Waals surface area contributed by atoms with Gasteiger partial charge in [0, 0.05) is 19.0 Å². The second-order valence-electron chi connectivity index (χ2n) is 9.32. The molecular weight excluding hydrogens is 448 g/mol. The summed E-state index contributed by atoms with van der Waals surface area (Å²) < 4.78 is 5.87. The molecule has 2 amide bonds. The molecule has 3 aromatic carbocycles. The fourth-order valence-corrected chi connectivity index (χ4v) is 4.05. The Kier molecular flexibility index (Phi) is 10.1. The van der Waals surface area contributed by atoms with Gasteiger partial charge in [0.1, 0.15) is 11.8 Å². The number of benzene rings is 3. The van der Waals surface area contributed by atoms with Gasteiger partial charge in [0.05, 0.1) is 0 Å². The monoisotopic (exact) mass is 486 g/mol. The van der Waals surface area contributed by atoms with Crippen molar-refractivity contribution in [3.63, 3.8) is 0 Å². The smallest absolute Gasteiger partial charge is 0.261 e. The van der Waals surface area contributed by atoms with Crippen molar-refractivity contribution >= 4 is 11.8 Å². The predicted octanol–water partition coefficient (Wildman–Crippen LogP) is 5.49. The van der Waals surface area contributed by atoms with E-state index in [-0.39, 0.29) is 24.5 Å². The fourth-order valence-electron chi connectivity index (χ4n) is 4.05. The molecule has 0 spiro atoms. The number of carbonyl (C=O) groups is 2. The highest BCUT2D eigenvalue weighted by Crippen LogP contribution is 2.18. The first-order chi connectivity index (χ1) is 17.4. The molecule has 0 fully saturated rings. The van der Waals surface area contributed by atoms with E-state index < -0.39 is 6.04 Å². The van der Waals surface area contributed by atoms with Crippen LogP contribution in [0.3, 0.4) is 0 Å². The zero-order chi connectivity index (χ0) is 25.9. The molecule has 0 aliphatic heterocycles. The average molecular weight is 487 g/mol. The van der Waals surface area contributed by atoms with Gasteiger partial charge in [0.15, 0.2) is 6.61 Å². The lowest BCUT2D eigenvalue weighted by atomic mass is 10.0. The van der Waals surface area contributed by atoms with Gasteiger partial charge in [-0.3, -0.25) is 9.59 Å². The van der Waals surface area contributed by atoms with E-state index in [0.717, 1.165) is 29.5 Å². The van der Waals surface area contributed by atoms with E-state index in [1.807, 2.05) is 93.6 Å². The highest BCUT2D eigenvalue weighted by Gasteiger charge is 2.31. The molecule has 0 aromatic heterocycles. The molecule has 0 aliphatic rings. The zero-order valence-electron chi connectivity index (χ0n) is 21.9. The van der Waals surface area contributed by atoms with E-state index in [9.17, 15) is 9.59 Å². The second-order valence-corrected chi connectivity index (χ2v) is 9.32. The van der Waals surface area contributed by atoms with Crippen LogP contribution in [0.4, 0.5) is 0 Å². The highest BCUT2D eigenvalue weighted by molar-refractivity contribution is 5.88. The molecule has 0 radical (unpaired) electrons. The van der Waals surface area contributed by atoms with Crippen LogP contribution in [0.5, 0.6) is 5.75 Å². The molecule has 3 rings (SSSR count). The first-order valence-corrected chi connectivity index (χ1v) is 12.8. The molecule has 3 aromatic rings. The molecular formula is C31H38N2O3. The standard InChI is InChI=1S/C31H38N2O3/c1-5-24(4)32-31(35)29(20-26-12-8-7-9-13-26)33(21-27-14-10-11-23(3)19-27)30(34)22-36-28-17-15-25(6-2)16-18-28/h7-19,24,29H,5-6,20-22H2,1-4H3,(H,32,35)/t24-,29+/m0/s1. The van der Waals surface area contributed by atoms with E-state index in [0.29, 0.717) is 18.7 Å². The summed E-state index contributed by atoms with van der Waals surface area (Å²) >= 11 is 0. The number of carbonyl (C=O) groups excluding carboxylic acids is 2. The minimum Gasteiger partial charge on any atom is -0.484 e. The Balaban J connectivity index is 1.89. The van der Waals surface area contributed by atoms with Gasteiger partial charge in [0.2, 0.25) is 5.91 Å². The van der Waals surface area contributed by atoms with Gasteiger partial charge in [-0.2, -0.15) is 0 Å². The summed E-state index contributed by atoms with van der Waals surface area (Å²) in [5.41, 5.74) is 4.29. The Hall–Kier alpha value is -3.60. The summed E-state index contributed by atoms with van der Waals surface area (Å²) in [7, 11) is 0. The maximum absolute atomic E-state index is 13.6. The molecule has 36 heavy (non-hydrogen) atoms. The summed E-state index contributed by atoms with van der Waals surface area (Å²) in [5, 5.41) is 3.10. The fraction of sp³-hybridized carbons (Fsp3) is 0.355. The summed E-state index contributed by atoms with van der Waals surface area (Å²) in [5.74, 6) is 0.262. The number of rotatable bonds is 12. The third-order valence-electron chi connectivity index (χ3n) is 6.40. The molecule has 190 valence electrons. The molecule has 1 N–H and O–H groups in total. The van der Waals surface area contributed by atoms with E-state index in [2.05, 4.69) is 18.3 Å². The lowest BCUT2D eigenvalue weighted by Gasteiger charge is -2.32. The number of amides is 2. The molecule has 0 unspecified atom stereocenters. The molecule has 2 atom stereocenters. The summed E-state index contributed by atoms with van der Waals surface area (Å²) in [6, 6.07) is 25.0. The highest BCUT2D eigenvalue weighted by atomic mass is 16.5. The van der Waals surface area contributed by atoms with Crippen LogP contribution >= 0.6 is 0 Å². The van der Waals surface area contributed by atoms with Gasteiger partial charge in [-0.25, -0.2) is 0 Å². The predicted molar refractivity (Wildman–Crippen MR) is 145 cm³/mol. The van der Waals surface area contributed by atoms with Crippen LogP contribution in [0.15, 0.2) is 78.9 Å². The molecule has 0 saturated carbocycles. The van der Waals surface area contributed by atoms with Crippen molar-refractivity contribution in [3.8, 4) is 5.75 Å². The van der Waals surface area contributed by atoms with Crippen LogP contribution < -0.4 is 10.1 Å². The molecule has 0 aliphatic carbocycles. The van der Waals surface area contributed by atoms with Gasteiger partial charge in [0.25, 0.3) is 5.91 Å². The number of nitrogens with one attached hydrogen (secondary N) is 1. The van der Waals surface area contributed by atoms with Crippen LogP contribution in [0.25, 0.3) is 0 Å². The minimum atomic E-state index is -0.666. The summed E-state index contributed by atoms with van der Waals surface area (Å²) in [6.07, 6.45) is 2.17. The van der Waals surface area contributed by atoms with Crippen molar-refractivity contribution in [2.45, 2.75) is 65.6 Å². The molecule has 0 saturated heterocycles. The van der Waals surface area contributed by atoms with E-state index in [1.165, 1.54) is 5.56 Å². The number of hydrogen-bond acceptors (Lipinski definition) is 3. The van der Waals surface area contributed by atoms with Crippen molar-refractivity contribution in [2.75, 3.05) is 6.61 Å². The number of ether oxygens (including phenoxy) is 1. The summed E-state index contributed by atoms with van der Waals surface area (Å²) in [6.45, 7) is 8.32. The molecule has 5 nitrogen and oxygen atoms in total. The van der Waals surface area contributed by atoms with Crippen LogP contribution in [-0.2, 0) is 29.0 Å². The maximum Gasteiger partial charge on any atom is 0.261 e. The third kappa shape index (κ3) is 7.98. The first kappa shape index (κ1) is 27.0. The van der Waals surface area contributed by atoms with E-state index in [4.69, 9.17) is 4.74 Å². The Labute approximate surface area is 215 Å². The second kappa shape index (κ2) is 13.5. The van der Waals surface area contributed by atoms with Crippen LogP contribution in [-0.4, -0.2) is 35.4 Å². The Morgan fingerprint density at radius 1 is 0.889 bits per heavy atom.